The van der Waals surface area contributed by atoms with Gasteiger partial charge in [-0.15, -0.1) is 20.4 Å². The summed E-state index contributed by atoms with van der Waals surface area (Å²) >= 11 is 0. The van der Waals surface area contributed by atoms with Crippen molar-refractivity contribution in [3.8, 4) is 28.5 Å². The van der Waals surface area contributed by atoms with Crippen LogP contribution in [-0.2, 0) is 20.5 Å². The maximum Gasteiger partial charge on any atom is 0.337 e. The van der Waals surface area contributed by atoms with Crippen LogP contribution in [-0.4, -0.2) is 80.5 Å². The van der Waals surface area contributed by atoms with Gasteiger partial charge in [0.1, 0.15) is 17.2 Å². The van der Waals surface area contributed by atoms with Crippen LogP contribution in [0.2, 0.25) is 0 Å². The van der Waals surface area contributed by atoms with Gasteiger partial charge >= 0.3 is 11.9 Å². The topological polar surface area (TPSA) is 229 Å². The molecule has 0 fully saturated rings. The lowest BCUT2D eigenvalue weighted by Gasteiger charge is -2.14. The number of ether oxygens (including phenoxy) is 1. The van der Waals surface area contributed by atoms with Crippen LogP contribution in [0.5, 0.6) is 5.75 Å². The minimum absolute atomic E-state index is 0.104. The van der Waals surface area contributed by atoms with Crippen LogP contribution in [0.25, 0.3) is 22.8 Å². The zero-order valence-electron chi connectivity index (χ0n) is 27.6. The minimum Gasteiger partial charge on any atom is -0.490 e. The van der Waals surface area contributed by atoms with E-state index in [4.69, 9.17) is 4.74 Å². The minimum atomic E-state index is -1.55. The summed E-state index contributed by atoms with van der Waals surface area (Å²) in [6.45, 7) is -0.394. The Kier molecular flexibility index (Phi) is 9.89. The van der Waals surface area contributed by atoms with Gasteiger partial charge in [0, 0.05) is 39.0 Å². The molecule has 4 heterocycles. The average Bonchev–Trinajstić information content (AvgIpc) is 3.77. The highest BCUT2D eigenvalue weighted by atomic mass is 19.1. The first-order chi connectivity index (χ1) is 25.4. The molecule has 0 spiro atoms. The van der Waals surface area contributed by atoms with Crippen molar-refractivity contribution in [2.45, 2.75) is 6.42 Å². The molecule has 53 heavy (non-hydrogen) atoms. The van der Waals surface area contributed by atoms with Gasteiger partial charge in [-0.05, 0) is 60.2 Å². The van der Waals surface area contributed by atoms with Gasteiger partial charge in [0.15, 0.2) is 23.0 Å². The maximum absolute atomic E-state index is 15.0. The Balaban J connectivity index is 1.16. The van der Waals surface area contributed by atoms with E-state index in [1.165, 1.54) is 24.3 Å². The van der Waals surface area contributed by atoms with Crippen molar-refractivity contribution in [3.05, 3.63) is 113 Å². The third-order valence-corrected chi connectivity index (χ3v) is 7.81. The van der Waals surface area contributed by atoms with Crippen molar-refractivity contribution in [1.29, 1.82) is 0 Å². The summed E-state index contributed by atoms with van der Waals surface area (Å²) in [6, 6.07) is 12.6. The Morgan fingerprint density at radius 1 is 0.679 bits per heavy atom. The predicted octanol–water partition coefficient (Wildman–Crippen LogP) is 3.87. The number of nitrogens with zero attached hydrogens (tertiary/aromatic N) is 8. The van der Waals surface area contributed by atoms with Crippen LogP contribution in [0, 0.1) is 11.6 Å². The second kappa shape index (κ2) is 14.8. The number of aryl methyl sites for hydroxylation is 2. The Morgan fingerprint density at radius 2 is 1.17 bits per heavy atom. The fraction of sp³-hybridized carbons (Fsp3) is 0.118. The van der Waals surface area contributed by atoms with Gasteiger partial charge in [0.25, 0.3) is 11.8 Å². The quantitative estimate of drug-likeness (QED) is 0.141. The smallest absolute Gasteiger partial charge is 0.337 e. The van der Waals surface area contributed by atoms with E-state index in [0.29, 0.717) is 34.9 Å². The van der Waals surface area contributed by atoms with Gasteiger partial charge in [-0.2, -0.15) is 10.2 Å². The molecule has 0 saturated heterocycles. The molecule has 4 aromatic heterocycles. The zero-order valence-corrected chi connectivity index (χ0v) is 27.6. The summed E-state index contributed by atoms with van der Waals surface area (Å²) in [4.78, 5) is 49.7. The van der Waals surface area contributed by atoms with Crippen molar-refractivity contribution in [1.82, 2.24) is 40.0 Å². The van der Waals surface area contributed by atoms with Gasteiger partial charge in [0.05, 0.1) is 40.5 Å². The highest BCUT2D eigenvalue weighted by Crippen LogP contribution is 2.28. The second-order valence-corrected chi connectivity index (χ2v) is 11.2. The lowest BCUT2D eigenvalue weighted by molar-refractivity contribution is 0.0686. The number of carbonyl (C=O) groups is 4. The lowest BCUT2D eigenvalue weighted by Crippen LogP contribution is -2.18. The average molecular weight is 725 g/mol. The molecule has 0 bridgehead atoms. The van der Waals surface area contributed by atoms with E-state index in [1.54, 1.807) is 48.0 Å². The zero-order chi connectivity index (χ0) is 37.8. The van der Waals surface area contributed by atoms with Crippen molar-refractivity contribution < 1.29 is 42.9 Å². The summed E-state index contributed by atoms with van der Waals surface area (Å²) in [5.41, 5.74) is -0.0149. The summed E-state index contributed by atoms with van der Waals surface area (Å²) < 4.78 is 38.6. The van der Waals surface area contributed by atoms with Crippen molar-refractivity contribution in [2.75, 3.05) is 17.2 Å². The van der Waals surface area contributed by atoms with E-state index in [-0.39, 0.29) is 34.7 Å². The molecule has 0 aliphatic rings. The Bertz CT molecular complexity index is 2210. The third-order valence-electron chi connectivity index (χ3n) is 7.81. The van der Waals surface area contributed by atoms with Crippen LogP contribution in [0.4, 0.5) is 20.2 Å². The fourth-order valence-corrected chi connectivity index (χ4v) is 5.11. The number of aromatic carboxylic acids is 2. The van der Waals surface area contributed by atoms with Gasteiger partial charge in [-0.25, -0.2) is 18.4 Å². The summed E-state index contributed by atoms with van der Waals surface area (Å²) in [7, 11) is 3.40. The highest BCUT2D eigenvalue weighted by molar-refractivity contribution is 6.07. The molecule has 6 aromatic rings. The van der Waals surface area contributed by atoms with Crippen molar-refractivity contribution >= 4 is 35.1 Å². The SMILES string of the molecule is Cn1nccc1-c1ccc(C(=O)Nc2cc(CCOc3cc(NC(=O)c4ccc(-c5ccnn5C)nn4)c(C(=O)O)cc3F)c(F)cc2C(=O)O)nn1. The number of aromatic nitrogens is 8. The van der Waals surface area contributed by atoms with Gasteiger partial charge in [-0.3, -0.25) is 19.0 Å². The van der Waals surface area contributed by atoms with Gasteiger partial charge in [-0.1, -0.05) is 0 Å². The number of hydrogen-bond donors (Lipinski definition) is 4. The normalized spacial score (nSPS) is 10.9. The monoisotopic (exact) mass is 724 g/mol. The van der Waals surface area contributed by atoms with E-state index in [9.17, 15) is 33.8 Å². The van der Waals surface area contributed by atoms with E-state index in [1.807, 2.05) is 0 Å². The largest absolute Gasteiger partial charge is 0.490 e. The summed E-state index contributed by atoms with van der Waals surface area (Å²) in [5.74, 6) is -7.26. The Labute approximate surface area is 296 Å². The number of carboxylic acids is 2. The molecule has 268 valence electrons. The molecule has 0 radical (unpaired) electrons. The Morgan fingerprint density at radius 3 is 1.60 bits per heavy atom. The van der Waals surface area contributed by atoms with E-state index < -0.39 is 58.9 Å². The molecule has 0 unspecified atom stereocenters. The van der Waals surface area contributed by atoms with Gasteiger partial charge in [0.2, 0.25) is 0 Å². The maximum atomic E-state index is 15.0. The number of rotatable bonds is 12. The number of anilines is 2. The molecule has 0 aliphatic heterocycles. The molecule has 0 aliphatic carbocycles. The first kappa shape index (κ1) is 35.4. The number of benzene rings is 2. The summed E-state index contributed by atoms with van der Waals surface area (Å²) in [6.07, 6.45) is 2.87. The number of nitrogens with one attached hydrogen (secondary N) is 2. The molecule has 4 N–H and O–H groups in total. The summed E-state index contributed by atoms with van der Waals surface area (Å²) in [5, 5.41) is 48.0. The fourth-order valence-electron chi connectivity index (χ4n) is 5.11. The van der Waals surface area contributed by atoms with Crippen LogP contribution in [0.3, 0.4) is 0 Å². The number of amides is 2. The first-order valence-corrected chi connectivity index (χ1v) is 15.4. The number of carboxylic acid groups (broad SMARTS) is 2. The lowest BCUT2D eigenvalue weighted by atomic mass is 10.1. The van der Waals surface area contributed by atoms with E-state index in [0.717, 1.165) is 12.1 Å². The molecule has 2 aromatic carbocycles. The Hall–Kier alpha value is -7.44. The van der Waals surface area contributed by atoms with Crippen LogP contribution >= 0.6 is 0 Å². The molecular formula is C34H26F2N10O7. The number of halogens is 2. The molecule has 2 amide bonds. The van der Waals surface area contributed by atoms with Crippen LogP contribution in [0.1, 0.15) is 47.3 Å². The molecule has 0 atom stereocenters. The van der Waals surface area contributed by atoms with Crippen molar-refractivity contribution in [3.63, 3.8) is 0 Å². The first-order valence-electron chi connectivity index (χ1n) is 15.4. The van der Waals surface area contributed by atoms with Crippen molar-refractivity contribution in [2.24, 2.45) is 14.1 Å². The second-order valence-electron chi connectivity index (χ2n) is 11.2. The van der Waals surface area contributed by atoms with Gasteiger partial charge < -0.3 is 25.6 Å². The molecule has 19 heteroatoms. The van der Waals surface area contributed by atoms with E-state index in [2.05, 4.69) is 41.2 Å². The highest BCUT2D eigenvalue weighted by Gasteiger charge is 2.22. The molecule has 0 saturated carbocycles. The third kappa shape index (κ3) is 7.67. The predicted molar refractivity (Wildman–Crippen MR) is 180 cm³/mol. The molecule has 6 rings (SSSR count). The number of hydrogen-bond acceptors (Lipinski definition) is 11. The molecule has 17 nitrogen and oxygen atoms in total. The van der Waals surface area contributed by atoms with Crippen LogP contribution < -0.4 is 15.4 Å². The molecular weight excluding hydrogens is 698 g/mol. The standard InChI is InChI=1S/C34H26F2N10O7/c1-45-28(7-10-37-45)22-3-5-24(43-41-22)31(47)39-26-13-17(20(35)14-18(26)33(49)50)9-12-53-30-16-27(19(34(51)52)15-21(30)36)40-32(48)25-6-4-23(42-44-25)29-8-11-38-46(29)2/h3-8,10-11,13-16H,9,12H2,1-2H3,(H,39,47)(H,40,48)(H,49,50)(H,51,52). The number of carbonyl (C=O) groups excluding carboxylic acids is 2. The van der Waals surface area contributed by atoms with E-state index >= 15 is 4.39 Å². The van der Waals surface area contributed by atoms with Crippen LogP contribution in [0.15, 0.2) is 73.1 Å².